The van der Waals surface area contributed by atoms with Gasteiger partial charge < -0.3 is 9.64 Å². The van der Waals surface area contributed by atoms with E-state index in [2.05, 4.69) is 15.8 Å². The molecule has 31 heavy (non-hydrogen) atoms. The van der Waals surface area contributed by atoms with Crippen LogP contribution in [0.25, 0.3) is 0 Å². The molecule has 2 fully saturated rings. The Bertz CT molecular complexity index is 1010. The van der Waals surface area contributed by atoms with Crippen molar-refractivity contribution in [3.63, 3.8) is 0 Å². The minimum atomic E-state index is -3.55. The molecular weight excluding hydrogens is 418 g/mol. The van der Waals surface area contributed by atoms with E-state index >= 15 is 0 Å². The van der Waals surface area contributed by atoms with Crippen molar-refractivity contribution in [2.75, 3.05) is 39.8 Å². The zero-order valence-electron chi connectivity index (χ0n) is 17.4. The normalized spacial score (nSPS) is 22.4. The molecule has 0 saturated carbocycles. The third kappa shape index (κ3) is 4.57. The van der Waals surface area contributed by atoms with Gasteiger partial charge in [-0.3, -0.25) is 15.2 Å². The number of carbonyl (C=O) groups is 1. The second-order valence-corrected chi connectivity index (χ2v) is 9.79. The molecule has 10 heteroatoms. The molecule has 2 aliphatic heterocycles. The Morgan fingerprint density at radius 2 is 1.84 bits per heavy atom. The summed E-state index contributed by atoms with van der Waals surface area (Å²) in [5, 5.41) is -0.620. The molecule has 0 spiro atoms. The van der Waals surface area contributed by atoms with E-state index in [0.29, 0.717) is 38.5 Å². The minimum Gasteiger partial charge on any atom is -0.496 e. The number of methoxy groups -OCH3 is 1. The van der Waals surface area contributed by atoms with Crippen molar-refractivity contribution in [3.8, 4) is 5.75 Å². The monoisotopic (exact) mass is 445 g/mol. The van der Waals surface area contributed by atoms with Crippen LogP contribution in [0.4, 0.5) is 0 Å². The summed E-state index contributed by atoms with van der Waals surface area (Å²) in [6.45, 7) is 1.66. The fourth-order valence-electron chi connectivity index (χ4n) is 4.13. The van der Waals surface area contributed by atoms with Gasteiger partial charge in [0.1, 0.15) is 11.0 Å². The topological polar surface area (TPSA) is 104 Å². The van der Waals surface area contributed by atoms with Crippen molar-refractivity contribution in [2.24, 2.45) is 0 Å². The number of hydrogen-bond acceptors (Lipinski definition) is 7. The summed E-state index contributed by atoms with van der Waals surface area (Å²) in [4.78, 5) is 18.5. The van der Waals surface area contributed by atoms with Crippen LogP contribution in [0, 0.1) is 0 Å². The largest absolute Gasteiger partial charge is 0.496 e. The number of rotatable bonds is 6. The van der Waals surface area contributed by atoms with E-state index in [1.807, 2.05) is 36.4 Å². The van der Waals surface area contributed by atoms with Gasteiger partial charge >= 0.3 is 0 Å². The Hall–Kier alpha value is -2.53. The Morgan fingerprint density at radius 3 is 2.55 bits per heavy atom. The number of nitrogens with zero attached hydrogens (tertiary/aromatic N) is 3. The van der Waals surface area contributed by atoms with Crippen LogP contribution < -0.4 is 15.6 Å². The summed E-state index contributed by atoms with van der Waals surface area (Å²) in [6.07, 6.45) is 3.55. The summed E-state index contributed by atoms with van der Waals surface area (Å²) < 4.78 is 33.5. The maximum absolute atomic E-state index is 13.3. The summed E-state index contributed by atoms with van der Waals surface area (Å²) in [6, 6.07) is 10.7. The van der Waals surface area contributed by atoms with Crippen molar-refractivity contribution in [1.29, 1.82) is 0 Å². The number of ether oxygens (including phenoxy) is 1. The Balaban J connectivity index is 1.39. The molecule has 2 unspecified atom stereocenters. The number of para-hydroxylation sites is 1. The van der Waals surface area contributed by atoms with Crippen LogP contribution in [0.2, 0.25) is 0 Å². The average Bonchev–Trinajstić information content (AvgIpc) is 3.31. The van der Waals surface area contributed by atoms with E-state index in [1.54, 1.807) is 24.4 Å². The molecular formula is C21H27N5O4S. The summed E-state index contributed by atoms with van der Waals surface area (Å²) >= 11 is 0. The molecule has 0 bridgehead atoms. The van der Waals surface area contributed by atoms with Crippen molar-refractivity contribution in [1.82, 2.24) is 25.0 Å². The highest BCUT2D eigenvalue weighted by atomic mass is 32.2. The molecule has 0 radical (unpaired) electrons. The quantitative estimate of drug-likeness (QED) is 0.660. The first-order chi connectivity index (χ1) is 15.0. The summed E-state index contributed by atoms with van der Waals surface area (Å²) in [7, 11) is -1.97. The van der Waals surface area contributed by atoms with E-state index in [1.165, 1.54) is 4.31 Å². The number of nitrogens with one attached hydrogen (secondary N) is 2. The SMILES string of the molecule is COc1ccccc1CC(=O)N1CCN(S(=O)(=O)C2CNNC2c2ccncc2)CC1. The van der Waals surface area contributed by atoms with Crippen molar-refractivity contribution >= 4 is 15.9 Å². The molecule has 4 rings (SSSR count). The summed E-state index contributed by atoms with van der Waals surface area (Å²) in [5.41, 5.74) is 7.75. The van der Waals surface area contributed by atoms with Crippen LogP contribution in [0.5, 0.6) is 5.75 Å². The first-order valence-electron chi connectivity index (χ1n) is 10.3. The van der Waals surface area contributed by atoms with Gasteiger partial charge in [-0.1, -0.05) is 18.2 Å². The van der Waals surface area contributed by atoms with Crippen LogP contribution in [-0.4, -0.2) is 73.6 Å². The van der Waals surface area contributed by atoms with Crippen LogP contribution >= 0.6 is 0 Å². The summed E-state index contributed by atoms with van der Waals surface area (Å²) in [5.74, 6) is 0.654. The molecule has 9 nitrogen and oxygen atoms in total. The van der Waals surface area contributed by atoms with Gasteiger partial charge in [-0.05, 0) is 23.8 Å². The number of benzene rings is 1. The average molecular weight is 446 g/mol. The number of hydrogen-bond donors (Lipinski definition) is 2. The zero-order valence-corrected chi connectivity index (χ0v) is 18.2. The maximum Gasteiger partial charge on any atom is 0.227 e. The van der Waals surface area contributed by atoms with Gasteiger partial charge in [0.2, 0.25) is 15.9 Å². The highest BCUT2D eigenvalue weighted by Crippen LogP contribution is 2.27. The van der Waals surface area contributed by atoms with Gasteiger partial charge in [0.15, 0.2) is 0 Å². The molecule has 0 aliphatic carbocycles. The molecule has 2 aromatic rings. The lowest BCUT2D eigenvalue weighted by Gasteiger charge is -2.36. The van der Waals surface area contributed by atoms with Crippen molar-refractivity contribution < 1.29 is 17.9 Å². The number of pyridine rings is 1. The van der Waals surface area contributed by atoms with Gasteiger partial charge in [-0.25, -0.2) is 13.8 Å². The van der Waals surface area contributed by atoms with Gasteiger partial charge in [-0.15, -0.1) is 0 Å². The molecule has 1 aromatic heterocycles. The van der Waals surface area contributed by atoms with Gasteiger partial charge in [-0.2, -0.15) is 4.31 Å². The van der Waals surface area contributed by atoms with E-state index in [9.17, 15) is 13.2 Å². The number of aromatic nitrogens is 1. The van der Waals surface area contributed by atoms with Gasteiger partial charge in [0.25, 0.3) is 0 Å². The molecule has 2 aliphatic rings. The fraction of sp³-hybridized carbons (Fsp3) is 0.429. The Kier molecular flexibility index (Phi) is 6.51. The number of amides is 1. The van der Waals surface area contributed by atoms with E-state index in [-0.39, 0.29) is 18.4 Å². The van der Waals surface area contributed by atoms with Gasteiger partial charge in [0.05, 0.1) is 19.6 Å². The molecule has 2 saturated heterocycles. The third-order valence-corrected chi connectivity index (χ3v) is 8.15. The van der Waals surface area contributed by atoms with Crippen LogP contribution in [-0.2, 0) is 21.2 Å². The standard InChI is InChI=1S/C21H27N5O4S/c1-30-18-5-3-2-4-17(18)14-20(27)25-10-12-26(13-11-25)31(28,29)19-15-23-24-21(19)16-6-8-22-9-7-16/h2-9,19,21,23-24H,10-15H2,1H3. The van der Waals surface area contributed by atoms with Crippen LogP contribution in [0.3, 0.4) is 0 Å². The Morgan fingerprint density at radius 1 is 1.13 bits per heavy atom. The van der Waals surface area contributed by atoms with E-state index in [0.717, 1.165) is 11.1 Å². The third-order valence-electron chi connectivity index (χ3n) is 5.87. The van der Waals surface area contributed by atoms with Crippen molar-refractivity contribution in [3.05, 3.63) is 59.9 Å². The maximum atomic E-state index is 13.3. The number of sulfonamides is 1. The van der Waals surface area contributed by atoms with Crippen LogP contribution in [0.15, 0.2) is 48.8 Å². The minimum absolute atomic E-state index is 0.0274. The first kappa shape index (κ1) is 21.7. The van der Waals surface area contributed by atoms with Crippen molar-refractivity contribution in [2.45, 2.75) is 17.7 Å². The van der Waals surface area contributed by atoms with Crippen LogP contribution in [0.1, 0.15) is 17.2 Å². The molecule has 1 amide bonds. The smallest absolute Gasteiger partial charge is 0.227 e. The molecule has 166 valence electrons. The highest BCUT2D eigenvalue weighted by molar-refractivity contribution is 7.89. The predicted octanol–water partition coefficient (Wildman–Crippen LogP) is 0.324. The number of carbonyl (C=O) groups excluding carboxylic acids is 1. The fourth-order valence-corrected chi connectivity index (χ4v) is 6.05. The number of piperazine rings is 1. The zero-order chi connectivity index (χ0) is 21.8. The van der Waals surface area contributed by atoms with E-state index in [4.69, 9.17) is 4.74 Å². The Labute approximate surface area is 182 Å². The van der Waals surface area contributed by atoms with Gasteiger partial charge in [0, 0.05) is 50.7 Å². The molecule has 2 atom stereocenters. The lowest BCUT2D eigenvalue weighted by molar-refractivity contribution is -0.131. The molecule has 2 N–H and O–H groups in total. The second-order valence-electron chi connectivity index (χ2n) is 7.64. The highest BCUT2D eigenvalue weighted by Gasteiger charge is 2.42. The lowest BCUT2D eigenvalue weighted by atomic mass is 10.1. The second kappa shape index (κ2) is 9.31. The lowest BCUT2D eigenvalue weighted by Crippen LogP contribution is -2.53. The first-order valence-corrected chi connectivity index (χ1v) is 11.8. The van der Waals surface area contributed by atoms with E-state index < -0.39 is 15.3 Å². The predicted molar refractivity (Wildman–Crippen MR) is 116 cm³/mol. The molecule has 1 aromatic carbocycles. The molecule has 3 heterocycles. The number of hydrazine groups is 1.